The van der Waals surface area contributed by atoms with Crippen molar-refractivity contribution in [3.63, 3.8) is 0 Å². The number of likely N-dealkylation sites (tertiary alicyclic amines) is 1. The predicted molar refractivity (Wildman–Crippen MR) is 98.0 cm³/mol. The molecular formula is C20H23N5. The fraction of sp³-hybridized carbons (Fsp3) is 0.350. The molecule has 1 aliphatic rings. The number of aromatic nitrogens is 4. The van der Waals surface area contributed by atoms with Crippen LogP contribution in [0.15, 0.2) is 54.7 Å². The molecule has 1 aliphatic heterocycles. The standard InChI is InChI=1S/C20H23N5/c1-15(16-7-3-2-4-8-16)25-13-10-17(11-14-25)19-22-20(24-23-19)18-9-5-6-12-21-18/h2-9,12,15,17H,10-11,13-14H2,1H3,(H,22,23,24). The van der Waals surface area contributed by atoms with Gasteiger partial charge in [-0.3, -0.25) is 15.0 Å². The Morgan fingerprint density at radius 1 is 1.04 bits per heavy atom. The number of piperidine rings is 1. The van der Waals surface area contributed by atoms with Crippen molar-refractivity contribution >= 4 is 0 Å². The van der Waals surface area contributed by atoms with Crippen molar-refractivity contribution in [2.75, 3.05) is 13.1 Å². The summed E-state index contributed by atoms with van der Waals surface area (Å²) in [4.78, 5) is 11.6. The lowest BCUT2D eigenvalue weighted by Gasteiger charge is -2.35. The van der Waals surface area contributed by atoms with Crippen LogP contribution in [-0.2, 0) is 0 Å². The van der Waals surface area contributed by atoms with Gasteiger partial charge in [0, 0.05) is 18.2 Å². The van der Waals surface area contributed by atoms with Gasteiger partial charge >= 0.3 is 0 Å². The lowest BCUT2D eigenvalue weighted by atomic mass is 9.94. The van der Waals surface area contributed by atoms with Crippen LogP contribution >= 0.6 is 0 Å². The maximum absolute atomic E-state index is 4.68. The molecule has 2 aromatic heterocycles. The Morgan fingerprint density at radius 2 is 1.80 bits per heavy atom. The highest BCUT2D eigenvalue weighted by molar-refractivity contribution is 5.47. The Labute approximate surface area is 148 Å². The Morgan fingerprint density at radius 3 is 2.52 bits per heavy atom. The number of aromatic amines is 1. The average Bonchev–Trinajstić information content (AvgIpc) is 3.19. The number of rotatable bonds is 4. The highest BCUT2D eigenvalue weighted by Crippen LogP contribution is 2.31. The molecule has 3 aromatic rings. The summed E-state index contributed by atoms with van der Waals surface area (Å²) >= 11 is 0. The van der Waals surface area contributed by atoms with Gasteiger partial charge in [-0.05, 0) is 50.6 Å². The molecule has 0 radical (unpaired) electrons. The van der Waals surface area contributed by atoms with Crippen LogP contribution in [0.1, 0.15) is 43.1 Å². The third-order valence-electron chi connectivity index (χ3n) is 5.14. The van der Waals surface area contributed by atoms with Gasteiger partial charge in [0.2, 0.25) is 0 Å². The molecule has 0 saturated carbocycles. The van der Waals surface area contributed by atoms with E-state index in [9.17, 15) is 0 Å². The molecule has 1 aromatic carbocycles. The molecule has 1 unspecified atom stereocenters. The number of H-pyrrole nitrogens is 1. The first-order valence-corrected chi connectivity index (χ1v) is 8.94. The SMILES string of the molecule is CC(c1ccccc1)N1CCC(c2nc(-c3ccccn3)n[nH]2)CC1. The van der Waals surface area contributed by atoms with E-state index in [4.69, 9.17) is 0 Å². The van der Waals surface area contributed by atoms with Crippen LogP contribution < -0.4 is 0 Å². The molecular weight excluding hydrogens is 310 g/mol. The maximum Gasteiger partial charge on any atom is 0.199 e. The molecule has 128 valence electrons. The second kappa shape index (κ2) is 7.15. The molecule has 5 nitrogen and oxygen atoms in total. The second-order valence-electron chi connectivity index (χ2n) is 6.66. The highest BCUT2D eigenvalue weighted by atomic mass is 15.2. The van der Waals surface area contributed by atoms with Gasteiger partial charge in [-0.15, -0.1) is 0 Å². The maximum atomic E-state index is 4.68. The summed E-state index contributed by atoms with van der Waals surface area (Å²) in [6, 6.07) is 17.0. The van der Waals surface area contributed by atoms with E-state index in [2.05, 4.69) is 62.3 Å². The summed E-state index contributed by atoms with van der Waals surface area (Å²) in [5.74, 6) is 2.13. The fourth-order valence-electron chi connectivity index (χ4n) is 3.57. The van der Waals surface area contributed by atoms with Crippen molar-refractivity contribution in [3.05, 3.63) is 66.1 Å². The lowest BCUT2D eigenvalue weighted by Crippen LogP contribution is -2.35. The van der Waals surface area contributed by atoms with Gasteiger partial charge < -0.3 is 0 Å². The Hall–Kier alpha value is -2.53. The van der Waals surface area contributed by atoms with E-state index >= 15 is 0 Å². The number of hydrogen-bond acceptors (Lipinski definition) is 4. The highest BCUT2D eigenvalue weighted by Gasteiger charge is 2.26. The molecule has 0 amide bonds. The van der Waals surface area contributed by atoms with Crippen molar-refractivity contribution in [2.45, 2.75) is 31.7 Å². The first-order chi connectivity index (χ1) is 12.3. The average molecular weight is 333 g/mol. The van der Waals surface area contributed by atoms with Crippen molar-refractivity contribution in [2.24, 2.45) is 0 Å². The van der Waals surface area contributed by atoms with Crippen LogP contribution in [0.25, 0.3) is 11.5 Å². The number of pyridine rings is 1. The summed E-state index contributed by atoms with van der Waals surface area (Å²) in [5, 5.41) is 7.48. The third-order valence-corrected chi connectivity index (χ3v) is 5.14. The molecule has 1 fully saturated rings. The molecule has 3 heterocycles. The molecule has 0 spiro atoms. The molecule has 0 aliphatic carbocycles. The van der Waals surface area contributed by atoms with Crippen LogP contribution in [0.2, 0.25) is 0 Å². The third kappa shape index (κ3) is 3.46. The Balaban J connectivity index is 1.40. The van der Waals surface area contributed by atoms with Gasteiger partial charge in [-0.2, -0.15) is 5.10 Å². The smallest absolute Gasteiger partial charge is 0.199 e. The largest absolute Gasteiger partial charge is 0.297 e. The second-order valence-corrected chi connectivity index (χ2v) is 6.66. The number of benzene rings is 1. The Kier molecular flexibility index (Phi) is 4.57. The minimum Gasteiger partial charge on any atom is -0.297 e. The zero-order valence-corrected chi connectivity index (χ0v) is 14.5. The minimum absolute atomic E-state index is 0.448. The summed E-state index contributed by atoms with van der Waals surface area (Å²) in [7, 11) is 0. The van der Waals surface area contributed by atoms with Crippen LogP contribution in [0.5, 0.6) is 0 Å². The van der Waals surface area contributed by atoms with E-state index in [1.54, 1.807) is 6.20 Å². The Bertz CT molecular complexity index is 791. The molecule has 5 heteroatoms. The normalized spacial score (nSPS) is 17.5. The van der Waals surface area contributed by atoms with E-state index in [1.807, 2.05) is 18.2 Å². The van der Waals surface area contributed by atoms with Crippen molar-refractivity contribution in [1.82, 2.24) is 25.1 Å². The van der Waals surface area contributed by atoms with E-state index in [1.165, 1.54) is 5.56 Å². The molecule has 0 bridgehead atoms. The monoisotopic (exact) mass is 333 g/mol. The van der Waals surface area contributed by atoms with Gasteiger partial charge in [0.05, 0.1) is 0 Å². The summed E-state index contributed by atoms with van der Waals surface area (Å²) in [5.41, 5.74) is 2.21. The van der Waals surface area contributed by atoms with E-state index in [0.717, 1.165) is 37.4 Å². The number of nitrogens with zero attached hydrogens (tertiary/aromatic N) is 4. The van der Waals surface area contributed by atoms with E-state index in [-0.39, 0.29) is 0 Å². The van der Waals surface area contributed by atoms with Gasteiger partial charge in [0.25, 0.3) is 0 Å². The molecule has 1 N–H and O–H groups in total. The first-order valence-electron chi connectivity index (χ1n) is 8.94. The first kappa shape index (κ1) is 16.0. The van der Waals surface area contributed by atoms with E-state index in [0.29, 0.717) is 17.8 Å². The lowest BCUT2D eigenvalue weighted by molar-refractivity contribution is 0.160. The van der Waals surface area contributed by atoms with Gasteiger partial charge in [0.15, 0.2) is 5.82 Å². The van der Waals surface area contributed by atoms with Crippen molar-refractivity contribution < 1.29 is 0 Å². The summed E-state index contributed by atoms with van der Waals surface area (Å²) in [6.45, 7) is 4.46. The summed E-state index contributed by atoms with van der Waals surface area (Å²) < 4.78 is 0. The zero-order chi connectivity index (χ0) is 17.1. The van der Waals surface area contributed by atoms with Crippen molar-refractivity contribution in [3.8, 4) is 11.5 Å². The molecule has 1 atom stereocenters. The number of hydrogen-bond donors (Lipinski definition) is 1. The quantitative estimate of drug-likeness (QED) is 0.789. The zero-order valence-electron chi connectivity index (χ0n) is 14.5. The minimum atomic E-state index is 0.448. The van der Waals surface area contributed by atoms with Gasteiger partial charge in [-0.1, -0.05) is 36.4 Å². The number of nitrogens with one attached hydrogen (secondary N) is 1. The molecule has 25 heavy (non-hydrogen) atoms. The molecule has 1 saturated heterocycles. The fourth-order valence-corrected chi connectivity index (χ4v) is 3.57. The van der Waals surface area contributed by atoms with Crippen LogP contribution in [0, 0.1) is 0 Å². The van der Waals surface area contributed by atoms with Crippen LogP contribution in [0.4, 0.5) is 0 Å². The van der Waals surface area contributed by atoms with E-state index < -0.39 is 0 Å². The topological polar surface area (TPSA) is 57.7 Å². The van der Waals surface area contributed by atoms with Crippen LogP contribution in [0.3, 0.4) is 0 Å². The van der Waals surface area contributed by atoms with Gasteiger partial charge in [0.1, 0.15) is 11.5 Å². The summed E-state index contributed by atoms with van der Waals surface area (Å²) in [6.07, 6.45) is 3.98. The predicted octanol–water partition coefficient (Wildman–Crippen LogP) is 3.81. The van der Waals surface area contributed by atoms with Crippen molar-refractivity contribution in [1.29, 1.82) is 0 Å². The molecule has 4 rings (SSSR count). The van der Waals surface area contributed by atoms with Crippen LogP contribution in [-0.4, -0.2) is 38.2 Å². The van der Waals surface area contributed by atoms with Gasteiger partial charge in [-0.25, -0.2) is 4.98 Å².